The van der Waals surface area contributed by atoms with Crippen LogP contribution in [-0.2, 0) is 7.05 Å². The zero-order chi connectivity index (χ0) is 11.9. The molecular weight excluding hydrogens is 204 g/mol. The van der Waals surface area contributed by atoms with Gasteiger partial charge in [-0.05, 0) is 33.1 Å². The molecule has 0 radical (unpaired) electrons. The quantitative estimate of drug-likeness (QED) is 0.783. The van der Waals surface area contributed by atoms with Crippen LogP contribution in [0.4, 0.5) is 5.69 Å². The molecule has 0 aromatic carbocycles. The molecule has 0 atom stereocenters. The first-order chi connectivity index (χ1) is 7.43. The van der Waals surface area contributed by atoms with Gasteiger partial charge in [-0.15, -0.1) is 0 Å². The highest BCUT2D eigenvalue weighted by Gasteiger charge is 2.34. The lowest BCUT2D eigenvalue weighted by Crippen LogP contribution is -2.51. The van der Waals surface area contributed by atoms with Crippen LogP contribution in [0.5, 0.6) is 0 Å². The van der Waals surface area contributed by atoms with E-state index in [1.165, 1.54) is 6.42 Å². The number of hydrogen-bond donors (Lipinski definition) is 2. The number of nitrogens with one attached hydrogen (secondary N) is 1. The summed E-state index contributed by atoms with van der Waals surface area (Å²) in [5.74, 6) is -0.122. The van der Waals surface area contributed by atoms with E-state index in [1.54, 1.807) is 18.7 Å². The SMILES string of the molecule is Cc1nn(C)c(C(=O)NC2(C)CCC2)c1N. The van der Waals surface area contributed by atoms with Gasteiger partial charge in [-0.25, -0.2) is 0 Å². The van der Waals surface area contributed by atoms with Crippen molar-refractivity contribution in [1.29, 1.82) is 0 Å². The van der Waals surface area contributed by atoms with Crippen molar-refractivity contribution in [3.63, 3.8) is 0 Å². The molecule has 5 nitrogen and oxygen atoms in total. The van der Waals surface area contributed by atoms with Crippen LogP contribution >= 0.6 is 0 Å². The minimum Gasteiger partial charge on any atom is -0.395 e. The Labute approximate surface area is 95.0 Å². The van der Waals surface area contributed by atoms with Crippen LogP contribution in [-0.4, -0.2) is 21.2 Å². The van der Waals surface area contributed by atoms with Gasteiger partial charge in [0.2, 0.25) is 0 Å². The summed E-state index contributed by atoms with van der Waals surface area (Å²) in [5, 5.41) is 7.16. The third-order valence-electron chi connectivity index (χ3n) is 3.36. The molecule has 16 heavy (non-hydrogen) atoms. The number of rotatable bonds is 2. The topological polar surface area (TPSA) is 72.9 Å². The average Bonchev–Trinajstić information content (AvgIpc) is 2.38. The normalized spacial score (nSPS) is 17.9. The fraction of sp³-hybridized carbons (Fsp3) is 0.636. The molecular formula is C11H18N4O. The Hall–Kier alpha value is -1.52. The summed E-state index contributed by atoms with van der Waals surface area (Å²) >= 11 is 0. The second-order valence-electron chi connectivity index (χ2n) is 4.84. The largest absolute Gasteiger partial charge is 0.395 e. The predicted molar refractivity (Wildman–Crippen MR) is 62.1 cm³/mol. The van der Waals surface area contributed by atoms with Gasteiger partial charge in [0, 0.05) is 12.6 Å². The maximum Gasteiger partial charge on any atom is 0.272 e. The number of aryl methyl sites for hydroxylation is 2. The van der Waals surface area contributed by atoms with Crippen molar-refractivity contribution in [1.82, 2.24) is 15.1 Å². The monoisotopic (exact) mass is 222 g/mol. The van der Waals surface area contributed by atoms with Crippen LogP contribution in [0.3, 0.4) is 0 Å². The molecule has 1 aliphatic carbocycles. The van der Waals surface area contributed by atoms with E-state index in [2.05, 4.69) is 17.3 Å². The van der Waals surface area contributed by atoms with E-state index >= 15 is 0 Å². The van der Waals surface area contributed by atoms with E-state index in [9.17, 15) is 4.79 Å². The van der Waals surface area contributed by atoms with Gasteiger partial charge in [0.1, 0.15) is 5.69 Å². The average molecular weight is 222 g/mol. The molecule has 0 unspecified atom stereocenters. The number of aromatic nitrogens is 2. The molecule has 88 valence electrons. The number of carbonyl (C=O) groups is 1. The van der Waals surface area contributed by atoms with Gasteiger partial charge in [-0.1, -0.05) is 0 Å². The Morgan fingerprint density at radius 1 is 1.56 bits per heavy atom. The lowest BCUT2D eigenvalue weighted by atomic mass is 9.78. The Balaban J connectivity index is 2.20. The van der Waals surface area contributed by atoms with Gasteiger partial charge < -0.3 is 11.1 Å². The van der Waals surface area contributed by atoms with E-state index in [0.717, 1.165) is 12.8 Å². The number of nitrogen functional groups attached to an aromatic ring is 1. The van der Waals surface area contributed by atoms with Crippen molar-refractivity contribution in [3.8, 4) is 0 Å². The van der Waals surface area contributed by atoms with Gasteiger partial charge in [0.25, 0.3) is 5.91 Å². The molecule has 0 aliphatic heterocycles. The Morgan fingerprint density at radius 3 is 2.56 bits per heavy atom. The molecule has 1 amide bonds. The van der Waals surface area contributed by atoms with E-state index in [-0.39, 0.29) is 11.4 Å². The third-order valence-corrected chi connectivity index (χ3v) is 3.36. The summed E-state index contributed by atoms with van der Waals surface area (Å²) in [6.45, 7) is 3.87. The summed E-state index contributed by atoms with van der Waals surface area (Å²) in [6, 6.07) is 0. The number of nitrogens with two attached hydrogens (primary N) is 1. The van der Waals surface area contributed by atoms with Crippen molar-refractivity contribution < 1.29 is 4.79 Å². The van der Waals surface area contributed by atoms with Crippen molar-refractivity contribution >= 4 is 11.6 Å². The number of nitrogens with zero attached hydrogens (tertiary/aromatic N) is 2. The molecule has 3 N–H and O–H groups in total. The molecule has 1 aromatic rings. The summed E-state index contributed by atoms with van der Waals surface area (Å²) in [5.41, 5.74) is 7.42. The zero-order valence-corrected chi connectivity index (χ0v) is 10.0. The molecule has 5 heteroatoms. The first-order valence-corrected chi connectivity index (χ1v) is 5.54. The molecule has 1 fully saturated rings. The first-order valence-electron chi connectivity index (χ1n) is 5.54. The highest BCUT2D eigenvalue weighted by Crippen LogP contribution is 2.31. The minimum absolute atomic E-state index is 0.0539. The second kappa shape index (κ2) is 3.50. The Morgan fingerprint density at radius 2 is 2.19 bits per heavy atom. The lowest BCUT2D eigenvalue weighted by molar-refractivity contribution is 0.0841. The molecule has 2 rings (SSSR count). The van der Waals surface area contributed by atoms with Crippen LogP contribution in [0.1, 0.15) is 42.4 Å². The van der Waals surface area contributed by atoms with E-state index in [0.29, 0.717) is 17.1 Å². The fourth-order valence-corrected chi connectivity index (χ4v) is 2.11. The molecule has 0 saturated heterocycles. The summed E-state index contributed by atoms with van der Waals surface area (Å²) in [6.07, 6.45) is 3.25. The van der Waals surface area contributed by atoms with Gasteiger partial charge in [-0.2, -0.15) is 5.10 Å². The van der Waals surface area contributed by atoms with Gasteiger partial charge in [0.15, 0.2) is 0 Å². The molecule has 1 aromatic heterocycles. The Kier molecular flexibility index (Phi) is 2.40. The summed E-state index contributed by atoms with van der Waals surface area (Å²) in [4.78, 5) is 12.1. The smallest absolute Gasteiger partial charge is 0.272 e. The predicted octanol–water partition coefficient (Wildman–Crippen LogP) is 0.983. The van der Waals surface area contributed by atoms with Crippen molar-refractivity contribution in [2.45, 2.75) is 38.6 Å². The lowest BCUT2D eigenvalue weighted by Gasteiger charge is -2.39. The number of amides is 1. The molecule has 0 bridgehead atoms. The number of carbonyl (C=O) groups excluding carboxylic acids is 1. The second-order valence-corrected chi connectivity index (χ2v) is 4.84. The van der Waals surface area contributed by atoms with Crippen molar-refractivity contribution in [2.75, 3.05) is 5.73 Å². The summed E-state index contributed by atoms with van der Waals surface area (Å²) in [7, 11) is 1.74. The maximum atomic E-state index is 12.1. The van der Waals surface area contributed by atoms with Gasteiger partial charge >= 0.3 is 0 Å². The van der Waals surface area contributed by atoms with Crippen LogP contribution < -0.4 is 11.1 Å². The van der Waals surface area contributed by atoms with Crippen molar-refractivity contribution in [3.05, 3.63) is 11.4 Å². The molecule has 0 spiro atoms. The highest BCUT2D eigenvalue weighted by molar-refractivity contribution is 5.98. The third kappa shape index (κ3) is 1.66. The number of hydrogen-bond acceptors (Lipinski definition) is 3. The van der Waals surface area contributed by atoms with Crippen LogP contribution in [0.15, 0.2) is 0 Å². The van der Waals surface area contributed by atoms with Crippen molar-refractivity contribution in [2.24, 2.45) is 7.05 Å². The van der Waals surface area contributed by atoms with Crippen LogP contribution in [0.2, 0.25) is 0 Å². The minimum atomic E-state index is -0.122. The zero-order valence-electron chi connectivity index (χ0n) is 10.0. The maximum absolute atomic E-state index is 12.1. The highest BCUT2D eigenvalue weighted by atomic mass is 16.2. The van der Waals surface area contributed by atoms with Gasteiger partial charge in [-0.3, -0.25) is 9.48 Å². The van der Waals surface area contributed by atoms with E-state index in [1.807, 2.05) is 0 Å². The number of anilines is 1. The Bertz CT molecular complexity index is 431. The van der Waals surface area contributed by atoms with E-state index < -0.39 is 0 Å². The first kappa shape index (κ1) is 11.0. The van der Waals surface area contributed by atoms with Crippen LogP contribution in [0.25, 0.3) is 0 Å². The van der Waals surface area contributed by atoms with Gasteiger partial charge in [0.05, 0.1) is 11.4 Å². The standard InChI is InChI=1S/C11H18N4O/c1-7-8(12)9(15(3)14-7)10(16)13-11(2)5-4-6-11/h4-6,12H2,1-3H3,(H,13,16). The molecule has 1 aliphatic rings. The summed E-state index contributed by atoms with van der Waals surface area (Å²) < 4.78 is 1.54. The molecule has 1 heterocycles. The van der Waals surface area contributed by atoms with Crippen LogP contribution in [0, 0.1) is 6.92 Å². The molecule has 1 saturated carbocycles. The fourth-order valence-electron chi connectivity index (χ4n) is 2.11. The van der Waals surface area contributed by atoms with E-state index in [4.69, 9.17) is 5.73 Å².